The van der Waals surface area contributed by atoms with Gasteiger partial charge in [0, 0.05) is 6.08 Å². The largest absolute Gasteiger partial charge is 0.489 e. The molecule has 0 heterocycles. The number of hydrogen-bond acceptors (Lipinski definition) is 5. The molecule has 1 aromatic rings. The summed E-state index contributed by atoms with van der Waals surface area (Å²) < 4.78 is 10.3. The van der Waals surface area contributed by atoms with Crippen molar-refractivity contribution in [3.63, 3.8) is 0 Å². The molecule has 0 aromatic heterocycles. The second kappa shape index (κ2) is 7.21. The Morgan fingerprint density at radius 2 is 1.83 bits per heavy atom. The van der Waals surface area contributed by atoms with Crippen LogP contribution in [0.15, 0.2) is 30.9 Å². The van der Waals surface area contributed by atoms with Gasteiger partial charge in [-0.3, -0.25) is 0 Å². The quantitative estimate of drug-likeness (QED) is 0.333. The Morgan fingerprint density at radius 1 is 1.22 bits per heavy atom. The number of unbranched alkanes of at least 4 members (excludes halogenated alkanes) is 1. The lowest BCUT2D eigenvalue weighted by Crippen LogP contribution is -2.06. The van der Waals surface area contributed by atoms with Crippen LogP contribution in [-0.2, 0) is 9.53 Å². The van der Waals surface area contributed by atoms with Crippen molar-refractivity contribution in [1.29, 1.82) is 0 Å². The number of para-hydroxylation sites is 1. The molecule has 5 heteroatoms. The molecule has 0 amide bonds. The fourth-order valence-electron chi connectivity index (χ4n) is 1.35. The normalized spacial score (nSPS) is 9.78. The van der Waals surface area contributed by atoms with Gasteiger partial charge in [-0.05, 0) is 25.0 Å². The number of anilines is 2. The Bertz CT molecular complexity index is 398. The van der Waals surface area contributed by atoms with Gasteiger partial charge < -0.3 is 20.9 Å². The molecule has 0 aliphatic carbocycles. The molecule has 0 saturated heterocycles. The van der Waals surface area contributed by atoms with Gasteiger partial charge in [0.25, 0.3) is 0 Å². The highest BCUT2D eigenvalue weighted by Crippen LogP contribution is 2.28. The summed E-state index contributed by atoms with van der Waals surface area (Å²) in [6.07, 6.45) is 2.60. The molecule has 0 bridgehead atoms. The van der Waals surface area contributed by atoms with Crippen molar-refractivity contribution in [3.8, 4) is 5.75 Å². The van der Waals surface area contributed by atoms with E-state index < -0.39 is 5.97 Å². The Hall–Kier alpha value is -2.17. The van der Waals surface area contributed by atoms with Gasteiger partial charge in [0.1, 0.15) is 0 Å². The van der Waals surface area contributed by atoms with Crippen LogP contribution < -0.4 is 16.2 Å². The van der Waals surface area contributed by atoms with E-state index in [1.165, 1.54) is 0 Å². The number of nitrogens with two attached hydrogens (primary N) is 2. The number of nitrogen functional groups attached to an aromatic ring is 2. The smallest absolute Gasteiger partial charge is 0.330 e. The maximum Gasteiger partial charge on any atom is 0.330 e. The predicted octanol–water partition coefficient (Wildman–Crippen LogP) is 1.74. The number of carbonyl (C=O) groups excluding carboxylic acids is 1. The number of benzene rings is 1. The molecule has 98 valence electrons. The Morgan fingerprint density at radius 3 is 2.44 bits per heavy atom. The lowest BCUT2D eigenvalue weighted by molar-refractivity contribution is -0.137. The summed E-state index contributed by atoms with van der Waals surface area (Å²) in [6.45, 7) is 4.14. The van der Waals surface area contributed by atoms with Crippen molar-refractivity contribution in [2.75, 3.05) is 24.7 Å². The first-order valence-corrected chi connectivity index (χ1v) is 5.71. The molecule has 0 aliphatic heterocycles. The van der Waals surface area contributed by atoms with E-state index in [-0.39, 0.29) is 0 Å². The maximum atomic E-state index is 10.8. The third-order valence-corrected chi connectivity index (χ3v) is 2.27. The van der Waals surface area contributed by atoms with E-state index in [2.05, 4.69) is 6.58 Å². The Labute approximate surface area is 106 Å². The summed E-state index contributed by atoms with van der Waals surface area (Å²) in [5.74, 6) is 0.105. The summed E-state index contributed by atoms with van der Waals surface area (Å²) >= 11 is 0. The zero-order chi connectivity index (χ0) is 13.4. The van der Waals surface area contributed by atoms with Crippen molar-refractivity contribution in [2.45, 2.75) is 12.8 Å². The maximum absolute atomic E-state index is 10.8. The van der Waals surface area contributed by atoms with Gasteiger partial charge in [0.05, 0.1) is 24.6 Å². The monoisotopic (exact) mass is 250 g/mol. The van der Waals surface area contributed by atoms with Crippen LogP contribution in [0.2, 0.25) is 0 Å². The summed E-state index contributed by atoms with van der Waals surface area (Å²) in [7, 11) is 0. The molecular weight excluding hydrogens is 232 g/mol. The Kier molecular flexibility index (Phi) is 5.57. The van der Waals surface area contributed by atoms with Gasteiger partial charge in [-0.25, -0.2) is 4.79 Å². The van der Waals surface area contributed by atoms with E-state index in [0.717, 1.165) is 12.5 Å². The minimum Gasteiger partial charge on any atom is -0.489 e. The van der Waals surface area contributed by atoms with E-state index in [9.17, 15) is 4.79 Å². The standard InChI is InChI=1S/C13H18N2O3/c1-2-12(16)17-8-3-4-9-18-13-10(14)6-5-7-11(13)15/h2,5-7H,1,3-4,8-9,14-15H2. The third-order valence-electron chi connectivity index (χ3n) is 2.27. The molecule has 0 fully saturated rings. The van der Waals surface area contributed by atoms with Crippen LogP contribution in [0.5, 0.6) is 5.75 Å². The first-order valence-electron chi connectivity index (χ1n) is 5.71. The lowest BCUT2D eigenvalue weighted by Gasteiger charge is -2.11. The minimum atomic E-state index is -0.410. The molecule has 5 nitrogen and oxygen atoms in total. The average molecular weight is 250 g/mol. The molecule has 0 radical (unpaired) electrons. The number of ether oxygens (including phenoxy) is 2. The lowest BCUT2D eigenvalue weighted by atomic mass is 10.2. The number of rotatable bonds is 7. The summed E-state index contributed by atoms with van der Waals surface area (Å²) in [5.41, 5.74) is 12.5. The predicted molar refractivity (Wildman–Crippen MR) is 71.2 cm³/mol. The average Bonchev–Trinajstić information content (AvgIpc) is 2.36. The highest BCUT2D eigenvalue weighted by molar-refractivity contribution is 5.81. The summed E-state index contributed by atoms with van der Waals surface area (Å²) in [5, 5.41) is 0. The van der Waals surface area contributed by atoms with Crippen molar-refractivity contribution >= 4 is 17.3 Å². The summed E-state index contributed by atoms with van der Waals surface area (Å²) in [4.78, 5) is 10.8. The van der Waals surface area contributed by atoms with Crippen LogP contribution >= 0.6 is 0 Å². The van der Waals surface area contributed by atoms with Gasteiger partial charge in [-0.15, -0.1) is 0 Å². The molecule has 1 rings (SSSR count). The molecule has 0 saturated carbocycles. The van der Waals surface area contributed by atoms with E-state index >= 15 is 0 Å². The molecule has 0 atom stereocenters. The van der Waals surface area contributed by atoms with Crippen molar-refractivity contribution in [2.24, 2.45) is 0 Å². The van der Waals surface area contributed by atoms with E-state index in [1.807, 2.05) is 0 Å². The van der Waals surface area contributed by atoms with Crippen LogP contribution in [0.25, 0.3) is 0 Å². The van der Waals surface area contributed by atoms with Gasteiger partial charge >= 0.3 is 5.97 Å². The summed E-state index contributed by atoms with van der Waals surface area (Å²) in [6, 6.07) is 5.24. The molecule has 0 spiro atoms. The topological polar surface area (TPSA) is 87.6 Å². The van der Waals surface area contributed by atoms with Crippen LogP contribution in [0, 0.1) is 0 Å². The van der Waals surface area contributed by atoms with Crippen molar-refractivity contribution in [3.05, 3.63) is 30.9 Å². The second-order valence-corrected chi connectivity index (χ2v) is 3.69. The first kappa shape index (κ1) is 13.9. The zero-order valence-corrected chi connectivity index (χ0v) is 10.2. The third kappa shape index (κ3) is 4.37. The highest BCUT2D eigenvalue weighted by Gasteiger charge is 2.04. The van der Waals surface area contributed by atoms with Crippen molar-refractivity contribution < 1.29 is 14.3 Å². The molecule has 0 unspecified atom stereocenters. The molecule has 18 heavy (non-hydrogen) atoms. The van der Waals surface area contributed by atoms with Gasteiger partial charge in [0.15, 0.2) is 5.75 Å². The minimum absolute atomic E-state index is 0.355. The zero-order valence-electron chi connectivity index (χ0n) is 10.2. The SMILES string of the molecule is C=CC(=O)OCCCCOc1c(N)cccc1N. The second-order valence-electron chi connectivity index (χ2n) is 3.69. The molecule has 4 N–H and O–H groups in total. The van der Waals surface area contributed by atoms with Crippen LogP contribution in [0.3, 0.4) is 0 Å². The van der Waals surface area contributed by atoms with Gasteiger partial charge in [0.2, 0.25) is 0 Å². The highest BCUT2D eigenvalue weighted by atomic mass is 16.5. The number of esters is 1. The molecule has 0 aliphatic rings. The van der Waals surface area contributed by atoms with Gasteiger partial charge in [-0.1, -0.05) is 12.6 Å². The number of hydrogen-bond donors (Lipinski definition) is 2. The fourth-order valence-corrected chi connectivity index (χ4v) is 1.35. The van der Waals surface area contributed by atoms with E-state index in [1.54, 1.807) is 18.2 Å². The van der Waals surface area contributed by atoms with Gasteiger partial charge in [-0.2, -0.15) is 0 Å². The molecule has 1 aromatic carbocycles. The fraction of sp³-hybridized carbons (Fsp3) is 0.308. The Balaban J connectivity index is 2.22. The van der Waals surface area contributed by atoms with E-state index in [4.69, 9.17) is 20.9 Å². The number of carbonyl (C=O) groups is 1. The van der Waals surface area contributed by atoms with Crippen molar-refractivity contribution in [1.82, 2.24) is 0 Å². The first-order chi connectivity index (χ1) is 8.65. The van der Waals surface area contributed by atoms with Crippen LogP contribution in [0.1, 0.15) is 12.8 Å². The van der Waals surface area contributed by atoms with Crippen LogP contribution in [0.4, 0.5) is 11.4 Å². The van der Waals surface area contributed by atoms with E-state index in [0.29, 0.717) is 36.8 Å². The van der Waals surface area contributed by atoms with Crippen LogP contribution in [-0.4, -0.2) is 19.2 Å². The molecular formula is C13H18N2O3.